The topological polar surface area (TPSA) is 85.6 Å². The summed E-state index contributed by atoms with van der Waals surface area (Å²) in [6, 6.07) is 14.2. The normalized spacial score (nSPS) is 13.3. The molecule has 1 aromatic carbocycles. The first-order chi connectivity index (χ1) is 14.8. The van der Waals surface area contributed by atoms with Crippen LogP contribution < -0.4 is 5.32 Å². The molecule has 4 aromatic rings. The molecular weight excluding hydrogens is 416 g/mol. The molecule has 7 nitrogen and oxygen atoms in total. The van der Waals surface area contributed by atoms with Crippen molar-refractivity contribution in [1.82, 2.24) is 30.0 Å². The van der Waals surface area contributed by atoms with Gasteiger partial charge in [0, 0.05) is 35.1 Å². The standard InChI is InChI=1S/C21H18N6OS2/c28-20(23-15-8-9-15)17-12-29-18(24-17)13-30-21-26-25-19(14-5-4-10-22-11-14)27(21)16-6-2-1-3-7-16/h1-7,10-12,15H,8-9,13H2,(H,23,28). The van der Waals surface area contributed by atoms with Crippen LogP contribution >= 0.6 is 23.1 Å². The maximum absolute atomic E-state index is 12.2. The number of carbonyl (C=O) groups excluding carboxylic acids is 1. The number of pyridine rings is 1. The number of hydrogen-bond acceptors (Lipinski definition) is 7. The molecule has 0 saturated heterocycles. The fourth-order valence-corrected chi connectivity index (χ4v) is 4.69. The molecule has 1 aliphatic rings. The fourth-order valence-electron chi connectivity index (χ4n) is 2.95. The summed E-state index contributed by atoms with van der Waals surface area (Å²) in [6.45, 7) is 0. The summed E-state index contributed by atoms with van der Waals surface area (Å²) in [5.41, 5.74) is 2.37. The van der Waals surface area contributed by atoms with E-state index in [1.54, 1.807) is 24.2 Å². The van der Waals surface area contributed by atoms with E-state index in [0.29, 0.717) is 17.5 Å². The summed E-state index contributed by atoms with van der Waals surface area (Å²) >= 11 is 3.04. The second-order valence-electron chi connectivity index (χ2n) is 6.88. The van der Waals surface area contributed by atoms with Crippen LogP contribution in [0.2, 0.25) is 0 Å². The van der Waals surface area contributed by atoms with E-state index in [4.69, 9.17) is 0 Å². The Balaban J connectivity index is 1.39. The second kappa shape index (κ2) is 8.37. The summed E-state index contributed by atoms with van der Waals surface area (Å²) in [4.78, 5) is 20.9. The van der Waals surface area contributed by atoms with E-state index in [-0.39, 0.29) is 5.91 Å². The fraction of sp³-hybridized carbons (Fsp3) is 0.190. The molecule has 9 heteroatoms. The number of nitrogens with one attached hydrogen (secondary N) is 1. The Hall–Kier alpha value is -3.04. The van der Waals surface area contributed by atoms with E-state index in [0.717, 1.165) is 40.1 Å². The number of nitrogens with zero attached hydrogens (tertiary/aromatic N) is 5. The van der Waals surface area contributed by atoms with Gasteiger partial charge in [0.05, 0.1) is 5.75 Å². The van der Waals surface area contributed by atoms with E-state index in [2.05, 4.69) is 25.5 Å². The third-order valence-corrected chi connectivity index (χ3v) is 6.56. The van der Waals surface area contributed by atoms with Crippen molar-refractivity contribution in [1.29, 1.82) is 0 Å². The highest BCUT2D eigenvalue weighted by molar-refractivity contribution is 7.98. The number of benzene rings is 1. The molecule has 1 N–H and O–H groups in total. The number of carbonyl (C=O) groups is 1. The minimum absolute atomic E-state index is 0.0867. The maximum Gasteiger partial charge on any atom is 0.270 e. The molecule has 5 rings (SSSR count). The minimum atomic E-state index is -0.0867. The first-order valence-electron chi connectivity index (χ1n) is 9.57. The van der Waals surface area contributed by atoms with Crippen LogP contribution in [0.5, 0.6) is 0 Å². The first-order valence-corrected chi connectivity index (χ1v) is 11.4. The lowest BCUT2D eigenvalue weighted by molar-refractivity contribution is 0.0946. The van der Waals surface area contributed by atoms with Crippen molar-refractivity contribution in [2.75, 3.05) is 0 Å². The summed E-state index contributed by atoms with van der Waals surface area (Å²) in [7, 11) is 0. The van der Waals surface area contributed by atoms with Gasteiger partial charge in [-0.3, -0.25) is 14.3 Å². The number of amides is 1. The molecule has 0 unspecified atom stereocenters. The van der Waals surface area contributed by atoms with Crippen molar-refractivity contribution < 1.29 is 4.79 Å². The molecule has 150 valence electrons. The second-order valence-corrected chi connectivity index (χ2v) is 8.77. The average molecular weight is 435 g/mol. The summed E-state index contributed by atoms with van der Waals surface area (Å²) in [6.07, 6.45) is 5.64. The van der Waals surface area contributed by atoms with Gasteiger partial charge in [0.15, 0.2) is 11.0 Å². The summed E-state index contributed by atoms with van der Waals surface area (Å²) in [5, 5.41) is 15.3. The van der Waals surface area contributed by atoms with Gasteiger partial charge in [0.25, 0.3) is 5.91 Å². The summed E-state index contributed by atoms with van der Waals surface area (Å²) < 4.78 is 2.02. The molecule has 1 saturated carbocycles. The van der Waals surface area contributed by atoms with Gasteiger partial charge in [-0.25, -0.2) is 4.98 Å². The molecular formula is C21H18N6OS2. The summed E-state index contributed by atoms with van der Waals surface area (Å²) in [5.74, 6) is 1.26. The molecule has 1 amide bonds. The Morgan fingerprint density at radius 2 is 2.03 bits per heavy atom. The van der Waals surface area contributed by atoms with Crippen molar-refractivity contribution in [3.05, 3.63) is 70.9 Å². The Labute approximate surface area is 181 Å². The molecule has 0 bridgehead atoms. The zero-order chi connectivity index (χ0) is 20.3. The number of thioether (sulfide) groups is 1. The smallest absolute Gasteiger partial charge is 0.270 e. The molecule has 1 aliphatic carbocycles. The zero-order valence-electron chi connectivity index (χ0n) is 15.9. The number of hydrogen-bond donors (Lipinski definition) is 1. The van der Waals surface area contributed by atoms with Crippen molar-refractivity contribution in [2.45, 2.75) is 29.8 Å². The molecule has 0 spiro atoms. The van der Waals surface area contributed by atoms with Crippen LogP contribution in [0, 0.1) is 0 Å². The van der Waals surface area contributed by atoms with Crippen molar-refractivity contribution in [3.8, 4) is 17.1 Å². The van der Waals surface area contributed by atoms with E-state index in [1.807, 2.05) is 52.4 Å². The molecule has 30 heavy (non-hydrogen) atoms. The van der Waals surface area contributed by atoms with Gasteiger partial charge in [0.1, 0.15) is 10.7 Å². The van der Waals surface area contributed by atoms with Gasteiger partial charge in [0.2, 0.25) is 0 Å². The molecule has 3 aromatic heterocycles. The minimum Gasteiger partial charge on any atom is -0.348 e. The predicted molar refractivity (Wildman–Crippen MR) is 117 cm³/mol. The lowest BCUT2D eigenvalue weighted by Gasteiger charge is -2.09. The van der Waals surface area contributed by atoms with Crippen LogP contribution in [-0.4, -0.2) is 36.7 Å². The Morgan fingerprint density at radius 1 is 1.17 bits per heavy atom. The monoisotopic (exact) mass is 434 g/mol. The van der Waals surface area contributed by atoms with Crippen LogP contribution in [0.1, 0.15) is 28.3 Å². The van der Waals surface area contributed by atoms with Crippen molar-refractivity contribution >= 4 is 29.0 Å². The SMILES string of the molecule is O=C(NC1CC1)c1csc(CSc2nnc(-c3cccnc3)n2-c2ccccc2)n1. The largest absolute Gasteiger partial charge is 0.348 e. The molecule has 0 aliphatic heterocycles. The average Bonchev–Trinajstić information content (AvgIpc) is 3.31. The van der Waals surface area contributed by atoms with E-state index in [1.165, 1.54) is 11.3 Å². The predicted octanol–water partition coefficient (Wildman–Crippen LogP) is 3.97. The molecule has 3 heterocycles. The first kappa shape index (κ1) is 19.0. The highest BCUT2D eigenvalue weighted by Crippen LogP contribution is 2.30. The van der Waals surface area contributed by atoms with Crippen LogP contribution in [0.25, 0.3) is 17.1 Å². The number of rotatable bonds is 7. The van der Waals surface area contributed by atoms with Gasteiger partial charge >= 0.3 is 0 Å². The van der Waals surface area contributed by atoms with E-state index >= 15 is 0 Å². The van der Waals surface area contributed by atoms with Crippen LogP contribution in [0.4, 0.5) is 0 Å². The van der Waals surface area contributed by atoms with Gasteiger partial charge < -0.3 is 5.32 Å². The molecule has 0 atom stereocenters. The van der Waals surface area contributed by atoms with Gasteiger partial charge in [-0.15, -0.1) is 21.5 Å². The quantitative estimate of drug-likeness (QED) is 0.443. The van der Waals surface area contributed by atoms with E-state index < -0.39 is 0 Å². The highest BCUT2D eigenvalue weighted by atomic mass is 32.2. The van der Waals surface area contributed by atoms with Crippen LogP contribution in [0.3, 0.4) is 0 Å². The molecule has 0 radical (unpaired) electrons. The zero-order valence-corrected chi connectivity index (χ0v) is 17.6. The van der Waals surface area contributed by atoms with Crippen LogP contribution in [-0.2, 0) is 5.75 Å². The van der Waals surface area contributed by atoms with Crippen molar-refractivity contribution in [2.24, 2.45) is 0 Å². The maximum atomic E-state index is 12.2. The van der Waals surface area contributed by atoms with Gasteiger partial charge in [-0.2, -0.15) is 0 Å². The Kier molecular flexibility index (Phi) is 5.29. The van der Waals surface area contributed by atoms with E-state index in [9.17, 15) is 4.79 Å². The third-order valence-electron chi connectivity index (χ3n) is 4.59. The van der Waals surface area contributed by atoms with Crippen molar-refractivity contribution in [3.63, 3.8) is 0 Å². The highest BCUT2D eigenvalue weighted by Gasteiger charge is 2.25. The van der Waals surface area contributed by atoms with Crippen LogP contribution in [0.15, 0.2) is 65.4 Å². The lowest BCUT2D eigenvalue weighted by atomic mass is 10.2. The van der Waals surface area contributed by atoms with Gasteiger partial charge in [-0.1, -0.05) is 30.0 Å². The molecule has 1 fully saturated rings. The third kappa shape index (κ3) is 4.12. The Morgan fingerprint density at radius 3 is 2.80 bits per heavy atom. The number of aromatic nitrogens is 5. The van der Waals surface area contributed by atoms with Gasteiger partial charge in [-0.05, 0) is 37.1 Å². The number of para-hydroxylation sites is 1. The Bertz CT molecular complexity index is 1150. The lowest BCUT2D eigenvalue weighted by Crippen LogP contribution is -2.25. The number of thiazole rings is 1.